The molecule has 14 heteroatoms. The van der Waals surface area contributed by atoms with E-state index in [0.717, 1.165) is 54.1 Å². The Kier molecular flexibility index (Phi) is 7.94. The highest BCUT2D eigenvalue weighted by Crippen LogP contribution is 2.69. The predicted octanol–water partition coefficient (Wildman–Crippen LogP) is 8.07. The Hall–Kier alpha value is -4.40. The van der Waals surface area contributed by atoms with Gasteiger partial charge < -0.3 is 15.0 Å². The minimum Gasteiger partial charge on any atom is -0.483 e. The number of alkyl halides is 3. The van der Waals surface area contributed by atoms with Crippen molar-refractivity contribution < 1.29 is 32.3 Å². The Morgan fingerprint density at radius 1 is 0.923 bits per heavy atom. The summed E-state index contributed by atoms with van der Waals surface area (Å²) in [5.41, 5.74) is 0.342. The zero-order valence-electron chi connectivity index (χ0n) is 26.9. The highest BCUT2D eigenvalue weighted by Gasteiger charge is 2.70. The van der Waals surface area contributed by atoms with Gasteiger partial charge >= 0.3 is 11.0 Å². The normalized spacial score (nSPS) is 26.0. The molecule has 2 aliphatic carbocycles. The first-order valence-corrected chi connectivity index (χ1v) is 19.1. The van der Waals surface area contributed by atoms with Gasteiger partial charge in [0.25, 0.3) is 5.91 Å². The Morgan fingerprint density at radius 2 is 1.69 bits per heavy atom. The molecule has 7 atom stereocenters. The van der Waals surface area contributed by atoms with Crippen molar-refractivity contribution in [2.75, 3.05) is 16.8 Å². The van der Waals surface area contributed by atoms with Gasteiger partial charge in [0.05, 0.1) is 28.1 Å². The number of amides is 3. The van der Waals surface area contributed by atoms with Gasteiger partial charge in [0.15, 0.2) is 6.61 Å². The van der Waals surface area contributed by atoms with E-state index in [1.165, 1.54) is 23.9 Å². The number of nitrogens with zero attached hydrogens (tertiary/aromatic N) is 1. The first kappa shape index (κ1) is 33.4. The number of imide groups is 1. The van der Waals surface area contributed by atoms with Crippen LogP contribution in [0.3, 0.4) is 0 Å². The van der Waals surface area contributed by atoms with E-state index in [-0.39, 0.29) is 46.1 Å². The summed E-state index contributed by atoms with van der Waals surface area (Å²) in [6, 6.07) is 23.3. The number of carbonyl (C=O) groups is 3. The number of aromatic amines is 1. The zero-order valence-corrected chi connectivity index (χ0v) is 30.1. The van der Waals surface area contributed by atoms with Crippen molar-refractivity contribution in [2.24, 2.45) is 29.6 Å². The van der Waals surface area contributed by atoms with Gasteiger partial charge in [-0.1, -0.05) is 63.7 Å². The number of benzene rings is 4. The number of thiazole rings is 1. The number of nitrogens with one attached hydrogen (secondary N) is 2. The van der Waals surface area contributed by atoms with Gasteiger partial charge in [0, 0.05) is 31.8 Å². The van der Waals surface area contributed by atoms with Crippen molar-refractivity contribution in [1.29, 1.82) is 0 Å². The van der Waals surface area contributed by atoms with Gasteiger partial charge in [0.2, 0.25) is 11.8 Å². The molecule has 3 heterocycles. The molecule has 3 amide bonds. The lowest BCUT2D eigenvalue weighted by molar-refractivity contribution is -0.137. The smallest absolute Gasteiger partial charge is 0.416 e. The molecule has 0 radical (unpaired) electrons. The van der Waals surface area contributed by atoms with Crippen molar-refractivity contribution in [3.63, 3.8) is 0 Å². The summed E-state index contributed by atoms with van der Waals surface area (Å²) in [5, 5.41) is 5.46. The molecule has 3 fully saturated rings. The Labute approximate surface area is 310 Å². The average Bonchev–Trinajstić information content (AvgIpc) is 3.86. The van der Waals surface area contributed by atoms with Gasteiger partial charge in [-0.15, -0.1) is 11.8 Å². The number of carbonyl (C=O) groups excluding carboxylic acids is 3. The molecule has 9 rings (SSSR count). The summed E-state index contributed by atoms with van der Waals surface area (Å²) < 4.78 is 47.8. The largest absolute Gasteiger partial charge is 0.483 e. The standard InChI is InChI=1S/C38H27BrF3N3O5S2/c39-20-9-11-26(50-16-27(46)43-21-10-8-17-4-1-2-5-18(17)12-21)23(14-20)28-29-24-15-25(32(29)51-34-33(28)52-37(49)44-34)31-30(24)35(47)45(36(31)48)22-7-3-6-19(13-22)38(40,41)42/h1-14,24-25,28-32H,15-16H2,(H,43,46)(H,44,49)/t24-,25-,28-,29?,30?,31?,32?/m1/s1. The second-order valence-corrected chi connectivity index (χ2v) is 16.7. The highest BCUT2D eigenvalue weighted by molar-refractivity contribution is 9.10. The lowest BCUT2D eigenvalue weighted by atomic mass is 9.68. The molecule has 2 aliphatic heterocycles. The quantitative estimate of drug-likeness (QED) is 0.168. The number of rotatable bonds is 6. The van der Waals surface area contributed by atoms with Crippen molar-refractivity contribution in [3.8, 4) is 5.75 Å². The topological polar surface area (TPSA) is 109 Å². The van der Waals surface area contributed by atoms with Gasteiger partial charge in [-0.25, -0.2) is 0 Å². The third kappa shape index (κ3) is 5.40. The summed E-state index contributed by atoms with van der Waals surface area (Å²) in [7, 11) is 0. The number of H-pyrrole nitrogens is 1. The second kappa shape index (κ2) is 12.3. The van der Waals surface area contributed by atoms with Crippen molar-refractivity contribution in [2.45, 2.75) is 28.8 Å². The zero-order chi connectivity index (χ0) is 36.1. The molecule has 1 saturated heterocycles. The minimum atomic E-state index is -4.63. The van der Waals surface area contributed by atoms with Crippen molar-refractivity contribution in [1.82, 2.24) is 4.98 Å². The van der Waals surface area contributed by atoms with Crippen LogP contribution in [0.4, 0.5) is 24.5 Å². The predicted molar refractivity (Wildman–Crippen MR) is 195 cm³/mol. The van der Waals surface area contributed by atoms with Crippen LogP contribution in [0.2, 0.25) is 0 Å². The summed E-state index contributed by atoms with van der Waals surface area (Å²) in [6.07, 6.45) is -4.04. The van der Waals surface area contributed by atoms with Crippen molar-refractivity contribution in [3.05, 3.63) is 115 Å². The van der Waals surface area contributed by atoms with E-state index in [9.17, 15) is 32.3 Å². The Bertz CT molecular complexity index is 2380. The minimum absolute atomic E-state index is 0.0844. The molecule has 52 heavy (non-hydrogen) atoms. The lowest BCUT2D eigenvalue weighted by Gasteiger charge is -2.43. The van der Waals surface area contributed by atoms with Crippen LogP contribution >= 0.6 is 39.0 Å². The SMILES string of the molecule is O=C(COc1ccc(Br)cc1[C@H]1c2sc(=O)[nH]c2SC2C1[C@H]1C[C@@H]2C2C(=O)N(c3cccc(C(F)(F)F)c3)C(=O)C21)Nc1ccc2ccccc2c1. The van der Waals surface area contributed by atoms with Gasteiger partial charge in [-0.2, -0.15) is 13.2 Å². The molecule has 4 aliphatic rings. The second-order valence-electron chi connectivity index (χ2n) is 13.6. The third-order valence-corrected chi connectivity index (χ3v) is 13.9. The highest BCUT2D eigenvalue weighted by atomic mass is 79.9. The van der Waals surface area contributed by atoms with Crippen molar-refractivity contribution >= 4 is 78.9 Å². The summed E-state index contributed by atoms with van der Waals surface area (Å²) in [4.78, 5) is 58.5. The molecule has 4 aromatic carbocycles. The van der Waals surface area contributed by atoms with Crippen LogP contribution in [0, 0.1) is 29.6 Å². The maximum atomic E-state index is 14.1. The molecule has 8 nitrogen and oxygen atoms in total. The fourth-order valence-corrected chi connectivity index (χ4v) is 12.2. The fourth-order valence-electron chi connectivity index (χ4n) is 8.94. The molecule has 5 aromatic rings. The molecule has 264 valence electrons. The van der Waals surface area contributed by atoms with Crippen LogP contribution in [0.1, 0.15) is 28.3 Å². The number of hydrogen-bond acceptors (Lipinski definition) is 7. The number of anilines is 2. The number of hydrogen-bond donors (Lipinski definition) is 2. The molecule has 1 aromatic heterocycles. The molecular weight excluding hydrogens is 779 g/mol. The van der Waals surface area contributed by atoms with Crippen LogP contribution in [0.15, 0.2) is 99.2 Å². The summed E-state index contributed by atoms with van der Waals surface area (Å²) in [5.74, 6) is -3.40. The number of thioether (sulfide) groups is 1. The van der Waals surface area contributed by atoms with Gasteiger partial charge in [-0.05, 0) is 83.5 Å². The third-order valence-electron chi connectivity index (χ3n) is 10.9. The first-order valence-electron chi connectivity index (χ1n) is 16.6. The molecule has 2 N–H and O–H groups in total. The van der Waals surface area contributed by atoms with E-state index in [0.29, 0.717) is 22.9 Å². The van der Waals surface area contributed by atoms with E-state index < -0.39 is 41.3 Å². The molecule has 2 bridgehead atoms. The molecule has 4 unspecified atom stereocenters. The number of aromatic nitrogens is 1. The van der Waals surface area contributed by atoms with Crippen LogP contribution in [0.25, 0.3) is 10.8 Å². The van der Waals surface area contributed by atoms with Crippen LogP contribution < -0.4 is 19.8 Å². The maximum Gasteiger partial charge on any atom is 0.416 e. The van der Waals surface area contributed by atoms with Gasteiger partial charge in [-0.3, -0.25) is 24.1 Å². The van der Waals surface area contributed by atoms with E-state index in [1.54, 1.807) is 12.1 Å². The number of fused-ring (bicyclic) bond motifs is 10. The Morgan fingerprint density at radius 3 is 2.48 bits per heavy atom. The molecular formula is C38H27BrF3N3O5S2. The average molecular weight is 807 g/mol. The van der Waals surface area contributed by atoms with Crippen LogP contribution in [0.5, 0.6) is 5.75 Å². The molecule has 2 saturated carbocycles. The Balaban J connectivity index is 1.04. The van der Waals surface area contributed by atoms with E-state index in [1.807, 2.05) is 48.5 Å². The summed E-state index contributed by atoms with van der Waals surface area (Å²) >= 11 is 6.18. The fraction of sp³-hybridized carbons (Fsp3) is 0.263. The lowest BCUT2D eigenvalue weighted by Crippen LogP contribution is -2.42. The summed E-state index contributed by atoms with van der Waals surface area (Å²) in [6.45, 7) is -0.289. The van der Waals surface area contributed by atoms with Gasteiger partial charge in [0.1, 0.15) is 5.75 Å². The van der Waals surface area contributed by atoms with E-state index >= 15 is 0 Å². The van der Waals surface area contributed by atoms with Crippen LogP contribution in [-0.4, -0.2) is 34.6 Å². The monoisotopic (exact) mass is 805 g/mol. The number of halogens is 4. The molecule has 0 spiro atoms. The first-order chi connectivity index (χ1) is 25.0. The maximum absolute atomic E-state index is 14.1. The number of ether oxygens (including phenoxy) is 1. The van der Waals surface area contributed by atoms with Crippen LogP contribution in [-0.2, 0) is 20.6 Å². The van der Waals surface area contributed by atoms with E-state index in [2.05, 4.69) is 26.2 Å². The van der Waals surface area contributed by atoms with E-state index in [4.69, 9.17) is 4.74 Å².